The molecule has 5 heteroatoms. The molecular weight excluding hydrogens is 95.8 g/mol. The SMILES string of the molecule is [B]OC(F)(F)F. The molecule has 6 heavy (non-hydrogen) atoms. The van der Waals surface area contributed by atoms with Gasteiger partial charge in [-0.05, 0) is 0 Å². The van der Waals surface area contributed by atoms with Crippen molar-refractivity contribution in [2.24, 2.45) is 0 Å². The van der Waals surface area contributed by atoms with Crippen LogP contribution in [-0.4, -0.2) is 14.4 Å². The fourth-order valence-electron chi connectivity index (χ4n) is 0. The molecule has 0 aromatic rings. The lowest BCUT2D eigenvalue weighted by Crippen LogP contribution is -2.09. The van der Waals surface area contributed by atoms with Crippen LogP contribution in [0.15, 0.2) is 0 Å². The summed E-state index contributed by atoms with van der Waals surface area (Å²) >= 11 is 0. The van der Waals surface area contributed by atoms with Crippen LogP contribution in [0.25, 0.3) is 0 Å². The largest absolute Gasteiger partial charge is 0.507 e. The molecule has 0 unspecified atom stereocenters. The van der Waals surface area contributed by atoms with Crippen LogP contribution in [0.3, 0.4) is 0 Å². The summed E-state index contributed by atoms with van der Waals surface area (Å²) < 4.78 is 33.8. The first-order chi connectivity index (χ1) is 2.56. The Bertz CT molecular complexity index is 40.5. The van der Waals surface area contributed by atoms with Crippen molar-refractivity contribution in [1.29, 1.82) is 0 Å². The second kappa shape index (κ2) is 1.51. The van der Waals surface area contributed by atoms with Crippen molar-refractivity contribution >= 4 is 8.05 Å². The van der Waals surface area contributed by atoms with E-state index >= 15 is 0 Å². The van der Waals surface area contributed by atoms with Crippen molar-refractivity contribution in [2.45, 2.75) is 6.36 Å². The third-order valence-electron chi connectivity index (χ3n) is 0.134. The van der Waals surface area contributed by atoms with Gasteiger partial charge in [0.05, 0.1) is 0 Å². The van der Waals surface area contributed by atoms with Gasteiger partial charge in [-0.1, -0.05) is 0 Å². The minimum atomic E-state index is -4.68. The summed E-state index contributed by atoms with van der Waals surface area (Å²) in [5.74, 6) is 0. The minimum Gasteiger partial charge on any atom is -0.367 e. The van der Waals surface area contributed by atoms with Crippen LogP contribution in [0.4, 0.5) is 13.2 Å². The second-order valence-corrected chi connectivity index (χ2v) is 0.564. The molecule has 0 fully saturated rings. The molecule has 0 aliphatic rings. The van der Waals surface area contributed by atoms with Gasteiger partial charge < -0.3 is 4.65 Å². The Morgan fingerprint density at radius 2 is 1.50 bits per heavy atom. The first kappa shape index (κ1) is 5.81. The highest BCUT2D eigenvalue weighted by Gasteiger charge is 2.24. The lowest BCUT2D eigenvalue weighted by atomic mass is 10.6. The van der Waals surface area contributed by atoms with Crippen LogP contribution in [0, 0.1) is 0 Å². The van der Waals surface area contributed by atoms with E-state index in [1.807, 2.05) is 0 Å². The number of hydrogen-bond acceptors (Lipinski definition) is 1. The molecule has 0 amide bonds. The van der Waals surface area contributed by atoms with E-state index < -0.39 is 6.36 Å². The first-order valence-corrected chi connectivity index (χ1v) is 1.01. The highest BCUT2D eigenvalue weighted by atomic mass is 19.4. The molecule has 2 radical (unpaired) electrons. The van der Waals surface area contributed by atoms with Gasteiger partial charge in [-0.3, -0.25) is 0 Å². The maximum absolute atomic E-state index is 10.4. The lowest BCUT2D eigenvalue weighted by molar-refractivity contribution is -0.273. The summed E-state index contributed by atoms with van der Waals surface area (Å²) in [5.41, 5.74) is 0. The highest BCUT2D eigenvalue weighted by molar-refractivity contribution is 5.98. The zero-order valence-electron chi connectivity index (χ0n) is 2.62. The molecule has 0 heterocycles. The van der Waals surface area contributed by atoms with Gasteiger partial charge in [-0.15, -0.1) is 13.2 Å². The molecule has 0 saturated heterocycles. The number of rotatable bonds is 0. The number of alkyl halides is 3. The second-order valence-electron chi connectivity index (χ2n) is 0.564. The van der Waals surface area contributed by atoms with Crippen LogP contribution in [0.1, 0.15) is 0 Å². The van der Waals surface area contributed by atoms with Crippen molar-refractivity contribution in [3.8, 4) is 0 Å². The molecule has 0 aromatic heterocycles. The Balaban J connectivity index is 3.17. The highest BCUT2D eigenvalue weighted by Crippen LogP contribution is 2.12. The fraction of sp³-hybridized carbons (Fsp3) is 1.00. The van der Waals surface area contributed by atoms with Crippen LogP contribution in [0.2, 0.25) is 0 Å². The molecule has 0 N–H and O–H groups in total. The molecule has 0 atom stereocenters. The topological polar surface area (TPSA) is 9.23 Å². The molecule has 0 aliphatic heterocycles. The Hall–Kier alpha value is -0.185. The first-order valence-electron chi connectivity index (χ1n) is 1.01. The maximum atomic E-state index is 10.4. The van der Waals surface area contributed by atoms with E-state index in [1.165, 1.54) is 0 Å². The van der Waals surface area contributed by atoms with Crippen LogP contribution in [0.5, 0.6) is 0 Å². The van der Waals surface area contributed by atoms with Crippen LogP contribution in [-0.2, 0) is 4.65 Å². The van der Waals surface area contributed by atoms with E-state index in [9.17, 15) is 13.2 Å². The van der Waals surface area contributed by atoms with Gasteiger partial charge in [0.1, 0.15) is 0 Å². The predicted molar refractivity (Wildman–Crippen MR) is 12.9 cm³/mol. The van der Waals surface area contributed by atoms with Gasteiger partial charge in [0, 0.05) is 0 Å². The molecule has 0 spiro atoms. The average molecular weight is 95.8 g/mol. The third-order valence-corrected chi connectivity index (χ3v) is 0.134. The van der Waals surface area contributed by atoms with E-state index in [4.69, 9.17) is 0 Å². The van der Waals surface area contributed by atoms with Gasteiger partial charge >= 0.3 is 6.36 Å². The molecule has 34 valence electrons. The summed E-state index contributed by atoms with van der Waals surface area (Å²) in [6, 6.07) is 0. The Morgan fingerprint density at radius 3 is 1.50 bits per heavy atom. The summed E-state index contributed by atoms with van der Waals surface area (Å²) in [6.07, 6.45) is -4.68. The monoisotopic (exact) mass is 96.0 g/mol. The molecule has 0 bridgehead atoms. The van der Waals surface area contributed by atoms with E-state index in [0.717, 1.165) is 0 Å². The maximum Gasteiger partial charge on any atom is 0.507 e. The summed E-state index contributed by atoms with van der Waals surface area (Å²) in [5, 5.41) is 0. The zero-order chi connectivity index (χ0) is 5.21. The predicted octanol–water partition coefficient (Wildman–Crippen LogP) is 0.606. The van der Waals surface area contributed by atoms with Gasteiger partial charge in [0.2, 0.25) is 0 Å². The quantitative estimate of drug-likeness (QED) is 0.401. The van der Waals surface area contributed by atoms with Crippen molar-refractivity contribution in [1.82, 2.24) is 0 Å². The Kier molecular flexibility index (Phi) is 1.46. The number of hydrogen-bond donors (Lipinski definition) is 0. The van der Waals surface area contributed by atoms with Gasteiger partial charge in [-0.25, -0.2) is 0 Å². The number of halogens is 3. The van der Waals surface area contributed by atoms with Crippen molar-refractivity contribution in [3.63, 3.8) is 0 Å². The van der Waals surface area contributed by atoms with Crippen molar-refractivity contribution < 1.29 is 17.8 Å². The van der Waals surface area contributed by atoms with Crippen molar-refractivity contribution in [3.05, 3.63) is 0 Å². The molecule has 0 rings (SSSR count). The standard InChI is InChI=1S/CBF3O/c2-6-1(3,4)5. The average Bonchev–Trinajstić information content (AvgIpc) is 1.35. The zero-order valence-corrected chi connectivity index (χ0v) is 2.62. The van der Waals surface area contributed by atoms with Crippen molar-refractivity contribution in [2.75, 3.05) is 0 Å². The fourth-order valence-corrected chi connectivity index (χ4v) is 0. The molecule has 0 saturated carbocycles. The summed E-state index contributed by atoms with van der Waals surface area (Å²) in [7, 11) is 3.68. The Morgan fingerprint density at radius 1 is 1.33 bits per heavy atom. The van der Waals surface area contributed by atoms with Crippen LogP contribution >= 0.6 is 0 Å². The van der Waals surface area contributed by atoms with E-state index in [0.29, 0.717) is 0 Å². The normalized spacial score (nSPS) is 11.8. The summed E-state index contributed by atoms with van der Waals surface area (Å²) in [4.78, 5) is 0. The van der Waals surface area contributed by atoms with E-state index in [2.05, 4.69) is 12.7 Å². The smallest absolute Gasteiger partial charge is 0.367 e. The van der Waals surface area contributed by atoms with Gasteiger partial charge in [0.15, 0.2) is 0 Å². The van der Waals surface area contributed by atoms with Gasteiger partial charge in [-0.2, -0.15) is 0 Å². The molecule has 0 aliphatic carbocycles. The minimum absolute atomic E-state index is 2.44. The molecular formula is CBF3O. The molecule has 0 aromatic carbocycles. The Labute approximate surface area is 33.5 Å². The van der Waals surface area contributed by atoms with E-state index in [-0.39, 0.29) is 0 Å². The third kappa shape index (κ3) is 3.81. The van der Waals surface area contributed by atoms with E-state index in [1.54, 1.807) is 0 Å². The lowest BCUT2D eigenvalue weighted by Gasteiger charge is -1.98. The van der Waals surface area contributed by atoms with Gasteiger partial charge in [0.25, 0.3) is 8.05 Å². The van der Waals surface area contributed by atoms with Crippen LogP contribution < -0.4 is 0 Å². The summed E-state index contributed by atoms with van der Waals surface area (Å²) in [6.45, 7) is 0. The molecule has 1 nitrogen and oxygen atoms in total.